The number of anilines is 2. The molecule has 2 heterocycles. The fourth-order valence-corrected chi connectivity index (χ4v) is 3.70. The number of benzene rings is 2. The maximum Gasteiger partial charge on any atom is 0.301 e. The number of carbonyl (C=O) groups is 2. The first kappa shape index (κ1) is 17.3. The van der Waals surface area contributed by atoms with Crippen LogP contribution in [-0.4, -0.2) is 30.0 Å². The maximum absolute atomic E-state index is 12.9. The third kappa shape index (κ3) is 2.89. The molecule has 0 unspecified atom stereocenters. The number of nitrogens with zero attached hydrogens (tertiary/aromatic N) is 2. The minimum atomic E-state index is -0.679. The number of rotatable bonds is 3. The van der Waals surface area contributed by atoms with E-state index < -0.39 is 17.6 Å². The van der Waals surface area contributed by atoms with Gasteiger partial charge in [0.25, 0.3) is 5.91 Å². The van der Waals surface area contributed by atoms with Crippen molar-refractivity contribution in [3.8, 4) is 0 Å². The van der Waals surface area contributed by atoms with E-state index in [-0.39, 0.29) is 5.57 Å². The lowest BCUT2D eigenvalue weighted by molar-refractivity contribution is -0.121. The van der Waals surface area contributed by atoms with E-state index in [1.165, 1.54) is 12.8 Å². The van der Waals surface area contributed by atoms with Gasteiger partial charge in [-0.05, 0) is 67.6 Å². The standard InChI is InChI=1S/C22H22N2O3/c1-14-5-6-16(13-15(14)2)19-20(25)22(27)24(21(19)26)18-9-7-17(8-10-18)23-11-3-4-12-23/h5-10,13,25H,3-4,11-12H2,1-2H3. The fraction of sp³-hybridized carbons (Fsp3) is 0.273. The molecule has 2 aromatic rings. The molecule has 0 atom stereocenters. The van der Waals surface area contributed by atoms with Gasteiger partial charge in [-0.15, -0.1) is 0 Å². The molecule has 0 bridgehead atoms. The molecule has 2 aromatic carbocycles. The topological polar surface area (TPSA) is 60.9 Å². The molecular weight excluding hydrogens is 340 g/mol. The number of aryl methyl sites for hydroxylation is 2. The van der Waals surface area contributed by atoms with E-state index >= 15 is 0 Å². The van der Waals surface area contributed by atoms with Crippen molar-refractivity contribution in [2.24, 2.45) is 0 Å². The Morgan fingerprint density at radius 2 is 1.44 bits per heavy atom. The molecule has 0 spiro atoms. The predicted molar refractivity (Wildman–Crippen MR) is 106 cm³/mol. The Balaban J connectivity index is 1.65. The molecule has 2 aliphatic heterocycles. The maximum atomic E-state index is 12.9. The summed E-state index contributed by atoms with van der Waals surface area (Å²) in [5, 5.41) is 10.4. The molecule has 1 fully saturated rings. The Bertz CT molecular complexity index is 954. The smallest absolute Gasteiger partial charge is 0.301 e. The zero-order valence-electron chi connectivity index (χ0n) is 15.5. The molecular formula is C22H22N2O3. The second kappa shape index (κ2) is 6.58. The highest BCUT2D eigenvalue weighted by molar-refractivity contribution is 6.44. The lowest BCUT2D eigenvalue weighted by atomic mass is 10.00. The van der Waals surface area contributed by atoms with Gasteiger partial charge in [-0.3, -0.25) is 9.59 Å². The van der Waals surface area contributed by atoms with Gasteiger partial charge >= 0.3 is 5.91 Å². The average Bonchev–Trinajstić information content (AvgIpc) is 3.26. The zero-order valence-corrected chi connectivity index (χ0v) is 15.5. The number of imide groups is 1. The van der Waals surface area contributed by atoms with E-state index in [4.69, 9.17) is 0 Å². The van der Waals surface area contributed by atoms with Crippen molar-refractivity contribution in [3.63, 3.8) is 0 Å². The van der Waals surface area contributed by atoms with Crippen LogP contribution in [0.15, 0.2) is 48.2 Å². The molecule has 1 N–H and O–H groups in total. The summed E-state index contributed by atoms with van der Waals surface area (Å²) >= 11 is 0. The van der Waals surface area contributed by atoms with E-state index in [0.29, 0.717) is 11.3 Å². The average molecular weight is 362 g/mol. The summed E-state index contributed by atoms with van der Waals surface area (Å²) in [6, 6.07) is 12.8. The number of amides is 2. The van der Waals surface area contributed by atoms with Crippen LogP contribution in [0.4, 0.5) is 11.4 Å². The van der Waals surface area contributed by atoms with Crippen molar-refractivity contribution < 1.29 is 14.7 Å². The van der Waals surface area contributed by atoms with Gasteiger partial charge in [0.05, 0.1) is 11.3 Å². The summed E-state index contributed by atoms with van der Waals surface area (Å²) in [5.74, 6) is -1.66. The summed E-state index contributed by atoms with van der Waals surface area (Å²) in [5.41, 5.74) is 4.27. The minimum Gasteiger partial charge on any atom is -0.502 e. The van der Waals surface area contributed by atoms with Crippen LogP contribution in [0, 0.1) is 13.8 Å². The predicted octanol–water partition coefficient (Wildman–Crippen LogP) is 3.75. The van der Waals surface area contributed by atoms with E-state index in [0.717, 1.165) is 34.8 Å². The zero-order chi connectivity index (χ0) is 19.1. The first-order valence-electron chi connectivity index (χ1n) is 9.22. The Labute approximate surface area is 158 Å². The first-order chi connectivity index (χ1) is 13.0. The Morgan fingerprint density at radius 3 is 2.07 bits per heavy atom. The summed E-state index contributed by atoms with van der Waals surface area (Å²) in [6.07, 6.45) is 2.37. The largest absolute Gasteiger partial charge is 0.502 e. The van der Waals surface area contributed by atoms with Gasteiger partial charge < -0.3 is 10.0 Å². The molecule has 5 nitrogen and oxygen atoms in total. The quantitative estimate of drug-likeness (QED) is 0.845. The Hall–Kier alpha value is -3.08. The Kier molecular flexibility index (Phi) is 4.22. The number of hydrogen-bond acceptors (Lipinski definition) is 4. The van der Waals surface area contributed by atoms with E-state index in [2.05, 4.69) is 4.90 Å². The van der Waals surface area contributed by atoms with Gasteiger partial charge in [-0.25, -0.2) is 4.90 Å². The van der Waals surface area contributed by atoms with Crippen molar-refractivity contribution in [2.45, 2.75) is 26.7 Å². The van der Waals surface area contributed by atoms with Crippen LogP contribution in [-0.2, 0) is 9.59 Å². The molecule has 1 saturated heterocycles. The van der Waals surface area contributed by atoms with Crippen LogP contribution < -0.4 is 9.80 Å². The van der Waals surface area contributed by atoms with Gasteiger partial charge in [-0.1, -0.05) is 18.2 Å². The van der Waals surface area contributed by atoms with Gasteiger partial charge in [-0.2, -0.15) is 0 Å². The molecule has 5 heteroatoms. The highest BCUT2D eigenvalue weighted by Gasteiger charge is 2.40. The fourth-order valence-electron chi connectivity index (χ4n) is 3.70. The Morgan fingerprint density at radius 1 is 0.815 bits per heavy atom. The molecule has 2 aliphatic rings. The number of carbonyl (C=O) groups excluding carboxylic acids is 2. The highest BCUT2D eigenvalue weighted by Crippen LogP contribution is 2.33. The number of aliphatic hydroxyl groups is 1. The van der Waals surface area contributed by atoms with E-state index in [1.807, 2.05) is 38.1 Å². The SMILES string of the molecule is Cc1ccc(C2=C(O)C(=O)N(c3ccc(N4CCCC4)cc3)C2=O)cc1C. The number of hydrogen-bond donors (Lipinski definition) is 1. The van der Waals surface area contributed by atoms with Crippen LogP contribution in [0.3, 0.4) is 0 Å². The molecule has 4 rings (SSSR count). The van der Waals surface area contributed by atoms with Crippen LogP contribution in [0.5, 0.6) is 0 Å². The van der Waals surface area contributed by atoms with Crippen molar-refractivity contribution in [1.29, 1.82) is 0 Å². The van der Waals surface area contributed by atoms with E-state index in [9.17, 15) is 14.7 Å². The van der Waals surface area contributed by atoms with Crippen molar-refractivity contribution in [1.82, 2.24) is 0 Å². The first-order valence-corrected chi connectivity index (χ1v) is 9.22. The normalized spacial score (nSPS) is 17.4. The lowest BCUT2D eigenvalue weighted by Gasteiger charge is -2.20. The molecule has 2 amide bonds. The van der Waals surface area contributed by atoms with Gasteiger partial charge in [0, 0.05) is 18.8 Å². The molecule has 0 aromatic heterocycles. The van der Waals surface area contributed by atoms with Crippen molar-refractivity contribution in [3.05, 3.63) is 64.9 Å². The third-order valence-electron chi connectivity index (χ3n) is 5.43. The summed E-state index contributed by atoms with van der Waals surface area (Å²) in [7, 11) is 0. The lowest BCUT2D eigenvalue weighted by Crippen LogP contribution is -2.31. The van der Waals surface area contributed by atoms with E-state index in [1.54, 1.807) is 18.2 Å². The van der Waals surface area contributed by atoms with Crippen LogP contribution in [0.25, 0.3) is 5.57 Å². The summed E-state index contributed by atoms with van der Waals surface area (Å²) in [6.45, 7) is 5.97. The van der Waals surface area contributed by atoms with Crippen LogP contribution in [0.1, 0.15) is 29.5 Å². The van der Waals surface area contributed by atoms with Crippen molar-refractivity contribution in [2.75, 3.05) is 22.9 Å². The minimum absolute atomic E-state index is 0.0618. The molecule has 138 valence electrons. The molecule has 0 saturated carbocycles. The summed E-state index contributed by atoms with van der Waals surface area (Å²) < 4.78 is 0. The second-order valence-electron chi connectivity index (χ2n) is 7.18. The molecule has 0 aliphatic carbocycles. The second-order valence-corrected chi connectivity index (χ2v) is 7.18. The number of aliphatic hydroxyl groups excluding tert-OH is 1. The van der Waals surface area contributed by atoms with Gasteiger partial charge in [0.1, 0.15) is 0 Å². The molecule has 27 heavy (non-hydrogen) atoms. The van der Waals surface area contributed by atoms with Gasteiger partial charge in [0.15, 0.2) is 5.76 Å². The summed E-state index contributed by atoms with van der Waals surface area (Å²) in [4.78, 5) is 28.9. The highest BCUT2D eigenvalue weighted by atomic mass is 16.3. The monoisotopic (exact) mass is 362 g/mol. The van der Waals surface area contributed by atoms with Gasteiger partial charge in [0.2, 0.25) is 0 Å². The molecule has 0 radical (unpaired) electrons. The third-order valence-corrected chi connectivity index (χ3v) is 5.43. The van der Waals surface area contributed by atoms with Crippen molar-refractivity contribution >= 4 is 28.8 Å². The van der Waals surface area contributed by atoms with Crippen LogP contribution in [0.2, 0.25) is 0 Å². The van der Waals surface area contributed by atoms with Crippen LogP contribution >= 0.6 is 0 Å².